The lowest BCUT2D eigenvalue weighted by Gasteiger charge is -2.07. The summed E-state index contributed by atoms with van der Waals surface area (Å²) < 4.78 is 40.0. The van der Waals surface area contributed by atoms with E-state index in [-0.39, 0.29) is 0 Å². The fourth-order valence-electron chi connectivity index (χ4n) is 2.27. The van der Waals surface area contributed by atoms with Gasteiger partial charge in [0, 0.05) is 30.1 Å². The molecule has 1 aromatic carbocycles. The van der Waals surface area contributed by atoms with Crippen LogP contribution in [0.1, 0.15) is 23.7 Å². The topological polar surface area (TPSA) is 40.8 Å². The highest BCUT2D eigenvalue weighted by atomic mass is 19.4. The minimum absolute atomic E-state index is 0.373. The van der Waals surface area contributed by atoms with Crippen LogP contribution >= 0.6 is 0 Å². The van der Waals surface area contributed by atoms with Crippen molar-refractivity contribution in [3.8, 4) is 6.07 Å². The quantitative estimate of drug-likeness (QED) is 0.938. The van der Waals surface area contributed by atoms with Crippen LogP contribution in [0.5, 0.6) is 0 Å². The summed E-state index contributed by atoms with van der Waals surface area (Å²) in [5, 5.41) is 12.7. The first kappa shape index (κ1) is 14.4. The minimum Gasteiger partial charge on any atom is -0.335 e. The highest BCUT2D eigenvalue weighted by Gasteiger charge is 2.31. The van der Waals surface area contributed by atoms with Gasteiger partial charge in [0.2, 0.25) is 0 Å². The van der Waals surface area contributed by atoms with Crippen LogP contribution in [0, 0.1) is 11.3 Å². The summed E-state index contributed by atoms with van der Waals surface area (Å²) in [5.41, 5.74) is 0.929. The van der Waals surface area contributed by atoms with Crippen molar-refractivity contribution in [1.29, 1.82) is 5.26 Å². The zero-order valence-electron chi connectivity index (χ0n) is 11.2. The Morgan fingerprint density at radius 2 is 2.05 bits per heavy atom. The first-order chi connectivity index (χ1) is 9.40. The first-order valence-corrected chi connectivity index (χ1v) is 6.19. The van der Waals surface area contributed by atoms with Gasteiger partial charge in [-0.25, -0.2) is 0 Å². The van der Waals surface area contributed by atoms with Crippen molar-refractivity contribution in [2.24, 2.45) is 7.05 Å². The average Bonchev–Trinajstić information content (AvgIpc) is 2.67. The van der Waals surface area contributed by atoms with Crippen molar-refractivity contribution in [2.75, 3.05) is 6.54 Å². The Balaban J connectivity index is 2.69. The Morgan fingerprint density at radius 3 is 2.60 bits per heavy atom. The van der Waals surface area contributed by atoms with Gasteiger partial charge >= 0.3 is 6.18 Å². The number of alkyl halides is 3. The predicted molar refractivity (Wildman–Crippen MR) is 70.0 cm³/mol. The number of nitriles is 1. The van der Waals surface area contributed by atoms with E-state index in [1.54, 1.807) is 11.6 Å². The SMILES string of the molecule is CCNCc1c(C#N)n(C)c2ccc(C(F)(F)F)cc12. The van der Waals surface area contributed by atoms with E-state index in [4.69, 9.17) is 0 Å². The van der Waals surface area contributed by atoms with Crippen LogP contribution in [0.15, 0.2) is 18.2 Å². The maximum absolute atomic E-state index is 12.8. The van der Waals surface area contributed by atoms with Crippen molar-refractivity contribution in [3.63, 3.8) is 0 Å². The number of nitrogens with one attached hydrogen (secondary N) is 1. The van der Waals surface area contributed by atoms with Crippen LogP contribution in [0.25, 0.3) is 10.9 Å². The third-order valence-electron chi connectivity index (χ3n) is 3.29. The van der Waals surface area contributed by atoms with Crippen LogP contribution < -0.4 is 5.32 Å². The van der Waals surface area contributed by atoms with Gasteiger partial charge in [-0.15, -0.1) is 0 Å². The lowest BCUT2D eigenvalue weighted by atomic mass is 10.1. The Bertz CT molecular complexity index is 677. The number of aromatic nitrogens is 1. The van der Waals surface area contributed by atoms with Gasteiger partial charge in [-0.1, -0.05) is 6.92 Å². The first-order valence-electron chi connectivity index (χ1n) is 6.19. The average molecular weight is 281 g/mol. The third kappa shape index (κ3) is 2.37. The van der Waals surface area contributed by atoms with E-state index in [2.05, 4.69) is 11.4 Å². The van der Waals surface area contributed by atoms with Gasteiger partial charge < -0.3 is 9.88 Å². The summed E-state index contributed by atoms with van der Waals surface area (Å²) in [5.74, 6) is 0. The van der Waals surface area contributed by atoms with Crippen molar-refractivity contribution < 1.29 is 13.2 Å². The van der Waals surface area contributed by atoms with E-state index < -0.39 is 11.7 Å². The monoisotopic (exact) mass is 281 g/mol. The van der Waals surface area contributed by atoms with Gasteiger partial charge in [-0.05, 0) is 24.7 Å². The molecule has 1 heterocycles. The van der Waals surface area contributed by atoms with Crippen LogP contribution in [-0.4, -0.2) is 11.1 Å². The van der Waals surface area contributed by atoms with E-state index in [9.17, 15) is 18.4 Å². The molecule has 0 aliphatic rings. The molecule has 0 radical (unpaired) electrons. The molecule has 0 saturated heterocycles. The molecule has 0 atom stereocenters. The van der Waals surface area contributed by atoms with Gasteiger partial charge in [0.05, 0.1) is 5.56 Å². The molecule has 0 aliphatic heterocycles. The Morgan fingerprint density at radius 1 is 1.35 bits per heavy atom. The molecular formula is C14H14F3N3. The maximum atomic E-state index is 12.8. The Kier molecular flexibility index (Phi) is 3.73. The molecule has 0 unspecified atom stereocenters. The van der Waals surface area contributed by atoms with Gasteiger partial charge in [0.25, 0.3) is 0 Å². The van der Waals surface area contributed by atoms with Crippen LogP contribution in [0.2, 0.25) is 0 Å². The number of nitrogens with zero attached hydrogens (tertiary/aromatic N) is 2. The summed E-state index contributed by atoms with van der Waals surface area (Å²) in [7, 11) is 1.68. The molecular weight excluding hydrogens is 267 g/mol. The largest absolute Gasteiger partial charge is 0.416 e. The molecule has 1 N–H and O–H groups in total. The molecule has 0 aliphatic carbocycles. The fourth-order valence-corrected chi connectivity index (χ4v) is 2.27. The number of hydrogen-bond donors (Lipinski definition) is 1. The number of rotatable bonds is 3. The standard InChI is InChI=1S/C14H14F3N3/c1-3-19-8-11-10-6-9(14(15,16)17)4-5-12(10)20(2)13(11)7-18/h4-6,19H,3,8H2,1-2H3. The lowest BCUT2D eigenvalue weighted by Crippen LogP contribution is -2.12. The van der Waals surface area contributed by atoms with Gasteiger partial charge in [0.15, 0.2) is 0 Å². The number of fused-ring (bicyclic) bond motifs is 1. The van der Waals surface area contributed by atoms with Crippen molar-refractivity contribution in [1.82, 2.24) is 9.88 Å². The van der Waals surface area contributed by atoms with E-state index in [0.717, 1.165) is 12.1 Å². The van der Waals surface area contributed by atoms with E-state index in [0.29, 0.717) is 35.2 Å². The third-order valence-corrected chi connectivity index (χ3v) is 3.29. The molecule has 1 aromatic heterocycles. The van der Waals surface area contributed by atoms with Gasteiger partial charge in [-0.2, -0.15) is 18.4 Å². The smallest absolute Gasteiger partial charge is 0.335 e. The summed E-state index contributed by atoms with van der Waals surface area (Å²) in [6.45, 7) is 2.95. The Hall–Kier alpha value is -2.00. The van der Waals surface area contributed by atoms with E-state index >= 15 is 0 Å². The van der Waals surface area contributed by atoms with Crippen molar-refractivity contribution >= 4 is 10.9 Å². The fraction of sp³-hybridized carbons (Fsp3) is 0.357. The van der Waals surface area contributed by atoms with Gasteiger partial charge in [0.1, 0.15) is 11.8 Å². The number of halogens is 3. The summed E-state index contributed by atoms with van der Waals surface area (Å²) in [6, 6.07) is 5.63. The Labute approximate surface area is 114 Å². The molecule has 20 heavy (non-hydrogen) atoms. The minimum atomic E-state index is -4.38. The number of hydrogen-bond acceptors (Lipinski definition) is 2. The molecule has 0 fully saturated rings. The molecule has 2 rings (SSSR count). The second-order valence-electron chi connectivity index (χ2n) is 4.51. The number of aryl methyl sites for hydroxylation is 1. The highest BCUT2D eigenvalue weighted by Crippen LogP contribution is 2.34. The number of benzene rings is 1. The predicted octanol–water partition coefficient (Wildman–Crippen LogP) is 3.18. The summed E-state index contributed by atoms with van der Waals surface area (Å²) >= 11 is 0. The molecule has 0 bridgehead atoms. The second-order valence-corrected chi connectivity index (χ2v) is 4.51. The van der Waals surface area contributed by atoms with Crippen LogP contribution in [0.4, 0.5) is 13.2 Å². The summed E-state index contributed by atoms with van der Waals surface area (Å²) in [6.07, 6.45) is -4.38. The van der Waals surface area contributed by atoms with Crippen LogP contribution in [0.3, 0.4) is 0 Å². The summed E-state index contributed by atoms with van der Waals surface area (Å²) in [4.78, 5) is 0. The molecule has 0 amide bonds. The van der Waals surface area contributed by atoms with E-state index in [1.807, 2.05) is 6.92 Å². The maximum Gasteiger partial charge on any atom is 0.416 e. The zero-order valence-corrected chi connectivity index (χ0v) is 11.2. The lowest BCUT2D eigenvalue weighted by molar-refractivity contribution is -0.137. The molecule has 3 nitrogen and oxygen atoms in total. The molecule has 6 heteroatoms. The highest BCUT2D eigenvalue weighted by molar-refractivity contribution is 5.87. The molecule has 0 saturated carbocycles. The van der Waals surface area contributed by atoms with Crippen LogP contribution in [-0.2, 0) is 19.8 Å². The molecule has 0 spiro atoms. The second kappa shape index (κ2) is 5.17. The zero-order chi connectivity index (χ0) is 14.9. The van der Waals surface area contributed by atoms with Crippen molar-refractivity contribution in [2.45, 2.75) is 19.6 Å². The van der Waals surface area contributed by atoms with Gasteiger partial charge in [-0.3, -0.25) is 0 Å². The molecule has 2 aromatic rings. The van der Waals surface area contributed by atoms with Crippen molar-refractivity contribution in [3.05, 3.63) is 35.0 Å². The molecule has 106 valence electrons. The normalized spacial score (nSPS) is 11.8. The van der Waals surface area contributed by atoms with E-state index in [1.165, 1.54) is 6.07 Å².